The van der Waals surface area contributed by atoms with E-state index in [1.54, 1.807) is 12.1 Å². The number of amides is 1. The standard InChI is InChI=1S/C23H28ClN3O4/c24-16-5-3-4-15(12-16)22(23(25)29)27-10-8-17(9-11-27)26-13-18(28)21-14-30-19-6-1-2-7-20(19)31-21/h1-7,12,17-18,21-22,26,28H,8-11,13-14H2,(H2,25,29). The fourth-order valence-electron chi connectivity index (χ4n) is 4.24. The number of hydrogen-bond donors (Lipinski definition) is 3. The molecule has 3 atom stereocenters. The average molecular weight is 446 g/mol. The summed E-state index contributed by atoms with van der Waals surface area (Å²) in [6.45, 7) is 2.18. The fraction of sp³-hybridized carbons (Fsp3) is 0.435. The van der Waals surface area contributed by atoms with Gasteiger partial charge in [0.1, 0.15) is 18.8 Å². The van der Waals surface area contributed by atoms with Crippen molar-refractivity contribution in [2.75, 3.05) is 26.2 Å². The van der Waals surface area contributed by atoms with Gasteiger partial charge < -0.3 is 25.6 Å². The van der Waals surface area contributed by atoms with Gasteiger partial charge in [-0.25, -0.2) is 0 Å². The Morgan fingerprint density at radius 2 is 1.94 bits per heavy atom. The molecule has 0 saturated carbocycles. The predicted octanol–water partition coefficient (Wildman–Crippen LogP) is 2.12. The van der Waals surface area contributed by atoms with Gasteiger partial charge in [0.25, 0.3) is 0 Å². The van der Waals surface area contributed by atoms with Gasteiger partial charge >= 0.3 is 0 Å². The molecule has 0 aromatic heterocycles. The van der Waals surface area contributed by atoms with Gasteiger partial charge in [-0.15, -0.1) is 0 Å². The van der Waals surface area contributed by atoms with Crippen molar-refractivity contribution >= 4 is 17.5 Å². The first kappa shape index (κ1) is 21.9. The second kappa shape index (κ2) is 9.87. The van der Waals surface area contributed by atoms with Crippen LogP contribution >= 0.6 is 11.6 Å². The maximum absolute atomic E-state index is 12.1. The zero-order valence-corrected chi connectivity index (χ0v) is 18.0. The quantitative estimate of drug-likeness (QED) is 0.604. The molecule has 1 amide bonds. The largest absolute Gasteiger partial charge is 0.486 e. The number of aliphatic hydroxyl groups is 1. The highest BCUT2D eigenvalue weighted by Gasteiger charge is 2.31. The first-order chi connectivity index (χ1) is 15.0. The van der Waals surface area contributed by atoms with E-state index in [1.807, 2.05) is 36.4 Å². The number of halogens is 1. The number of ether oxygens (including phenoxy) is 2. The molecule has 166 valence electrons. The summed E-state index contributed by atoms with van der Waals surface area (Å²) in [5.74, 6) is 0.985. The maximum Gasteiger partial charge on any atom is 0.239 e. The number of fused-ring (bicyclic) bond motifs is 1. The number of primary amides is 1. The van der Waals surface area contributed by atoms with Gasteiger partial charge in [-0.2, -0.15) is 0 Å². The molecule has 2 aliphatic heterocycles. The summed E-state index contributed by atoms with van der Waals surface area (Å²) < 4.78 is 11.6. The monoisotopic (exact) mass is 445 g/mol. The van der Waals surface area contributed by atoms with Crippen LogP contribution in [0.5, 0.6) is 11.5 Å². The number of carbonyl (C=O) groups is 1. The van der Waals surface area contributed by atoms with Gasteiger partial charge in [-0.3, -0.25) is 9.69 Å². The van der Waals surface area contributed by atoms with Crippen molar-refractivity contribution in [3.05, 3.63) is 59.1 Å². The summed E-state index contributed by atoms with van der Waals surface area (Å²) in [5.41, 5.74) is 6.52. The van der Waals surface area contributed by atoms with Crippen LogP contribution in [0.25, 0.3) is 0 Å². The van der Waals surface area contributed by atoms with Gasteiger partial charge in [0.05, 0.1) is 0 Å². The summed E-state index contributed by atoms with van der Waals surface area (Å²) in [6.07, 6.45) is 0.602. The number of hydrogen-bond acceptors (Lipinski definition) is 6. The van der Waals surface area contributed by atoms with E-state index in [0.717, 1.165) is 31.5 Å². The number of piperidine rings is 1. The summed E-state index contributed by atoms with van der Waals surface area (Å²) in [7, 11) is 0. The second-order valence-electron chi connectivity index (χ2n) is 8.06. The van der Waals surface area contributed by atoms with E-state index in [2.05, 4.69) is 10.2 Å². The summed E-state index contributed by atoms with van der Waals surface area (Å²) in [4.78, 5) is 14.2. The van der Waals surface area contributed by atoms with E-state index in [1.165, 1.54) is 0 Å². The van der Waals surface area contributed by atoms with E-state index in [9.17, 15) is 9.90 Å². The van der Waals surface area contributed by atoms with Crippen LogP contribution in [0.15, 0.2) is 48.5 Å². The lowest BCUT2D eigenvalue weighted by Crippen LogP contribution is -2.50. The molecule has 2 aliphatic rings. The number of aliphatic hydroxyl groups excluding tert-OH is 1. The number of nitrogens with two attached hydrogens (primary N) is 1. The smallest absolute Gasteiger partial charge is 0.239 e. The number of carbonyl (C=O) groups excluding carboxylic acids is 1. The summed E-state index contributed by atoms with van der Waals surface area (Å²) in [6, 6.07) is 14.5. The van der Waals surface area contributed by atoms with Gasteiger partial charge in [-0.1, -0.05) is 35.9 Å². The number of para-hydroxylation sites is 2. The third-order valence-corrected chi connectivity index (χ3v) is 6.14. The Hall–Kier alpha value is -2.32. The van der Waals surface area contributed by atoms with Crippen LogP contribution in [0.1, 0.15) is 24.4 Å². The molecule has 7 nitrogen and oxygen atoms in total. The van der Waals surface area contributed by atoms with E-state index in [-0.39, 0.29) is 11.9 Å². The normalized spacial score (nSPS) is 21.4. The third kappa shape index (κ3) is 5.30. The van der Waals surface area contributed by atoms with Crippen LogP contribution < -0.4 is 20.5 Å². The molecule has 1 fully saturated rings. The molecule has 3 unspecified atom stereocenters. The Bertz CT molecular complexity index is 904. The second-order valence-corrected chi connectivity index (χ2v) is 8.50. The van der Waals surface area contributed by atoms with Crippen molar-refractivity contribution in [3.8, 4) is 11.5 Å². The van der Waals surface area contributed by atoms with E-state index in [4.69, 9.17) is 26.8 Å². The molecule has 8 heteroatoms. The molecule has 2 heterocycles. The average Bonchev–Trinajstić information content (AvgIpc) is 2.78. The van der Waals surface area contributed by atoms with Crippen LogP contribution in [-0.2, 0) is 4.79 Å². The van der Waals surface area contributed by atoms with Crippen LogP contribution in [0.3, 0.4) is 0 Å². The van der Waals surface area contributed by atoms with Gasteiger partial charge in [0, 0.05) is 30.7 Å². The highest BCUT2D eigenvalue weighted by Crippen LogP contribution is 2.31. The zero-order valence-electron chi connectivity index (χ0n) is 17.2. The minimum Gasteiger partial charge on any atom is -0.486 e. The number of nitrogens with zero attached hydrogens (tertiary/aromatic N) is 1. The molecule has 0 bridgehead atoms. The Balaban J connectivity index is 1.27. The lowest BCUT2D eigenvalue weighted by molar-refractivity contribution is -0.124. The van der Waals surface area contributed by atoms with Crippen molar-refractivity contribution in [1.29, 1.82) is 0 Å². The topological polar surface area (TPSA) is 97.1 Å². The zero-order chi connectivity index (χ0) is 21.8. The Morgan fingerprint density at radius 3 is 2.65 bits per heavy atom. The first-order valence-electron chi connectivity index (χ1n) is 10.6. The molecule has 0 spiro atoms. The molecule has 2 aromatic rings. The molecule has 2 aromatic carbocycles. The van der Waals surface area contributed by atoms with E-state index in [0.29, 0.717) is 29.7 Å². The molecule has 1 saturated heterocycles. The van der Waals surface area contributed by atoms with Gasteiger partial charge in [-0.05, 0) is 42.7 Å². The van der Waals surface area contributed by atoms with Crippen LogP contribution in [-0.4, -0.2) is 60.4 Å². The molecular formula is C23H28ClN3O4. The molecular weight excluding hydrogens is 418 g/mol. The third-order valence-electron chi connectivity index (χ3n) is 5.90. The van der Waals surface area contributed by atoms with Crippen molar-refractivity contribution < 1.29 is 19.4 Å². The van der Waals surface area contributed by atoms with E-state index < -0.39 is 18.2 Å². The van der Waals surface area contributed by atoms with Crippen LogP contribution in [0.2, 0.25) is 5.02 Å². The van der Waals surface area contributed by atoms with Crippen molar-refractivity contribution in [3.63, 3.8) is 0 Å². The maximum atomic E-state index is 12.1. The first-order valence-corrected chi connectivity index (χ1v) is 11.0. The lowest BCUT2D eigenvalue weighted by atomic mass is 9.98. The number of benzene rings is 2. The van der Waals surface area contributed by atoms with Crippen LogP contribution in [0.4, 0.5) is 0 Å². The Labute approximate surface area is 187 Å². The van der Waals surface area contributed by atoms with Crippen LogP contribution in [0, 0.1) is 0 Å². The Morgan fingerprint density at radius 1 is 1.19 bits per heavy atom. The van der Waals surface area contributed by atoms with Crippen molar-refractivity contribution in [2.24, 2.45) is 5.73 Å². The number of nitrogens with one attached hydrogen (secondary N) is 1. The predicted molar refractivity (Wildman–Crippen MR) is 118 cm³/mol. The molecule has 0 aliphatic carbocycles. The number of rotatable bonds is 7. The minimum absolute atomic E-state index is 0.246. The van der Waals surface area contributed by atoms with Crippen molar-refractivity contribution in [2.45, 2.75) is 37.1 Å². The Kier molecular flexibility index (Phi) is 6.97. The SMILES string of the molecule is NC(=O)C(c1cccc(Cl)c1)N1CCC(NCC(O)C2COc3ccccc3O2)CC1. The van der Waals surface area contributed by atoms with Gasteiger partial charge in [0.15, 0.2) is 17.6 Å². The molecule has 31 heavy (non-hydrogen) atoms. The fourth-order valence-corrected chi connectivity index (χ4v) is 4.44. The van der Waals surface area contributed by atoms with Crippen molar-refractivity contribution in [1.82, 2.24) is 10.2 Å². The lowest BCUT2D eigenvalue weighted by Gasteiger charge is -2.37. The summed E-state index contributed by atoms with van der Waals surface area (Å²) >= 11 is 6.10. The minimum atomic E-state index is -0.684. The highest BCUT2D eigenvalue weighted by atomic mass is 35.5. The molecule has 4 N–H and O–H groups in total. The van der Waals surface area contributed by atoms with Gasteiger partial charge in [0.2, 0.25) is 5.91 Å². The van der Waals surface area contributed by atoms with E-state index >= 15 is 0 Å². The number of likely N-dealkylation sites (tertiary alicyclic amines) is 1. The molecule has 0 radical (unpaired) electrons. The summed E-state index contributed by atoms with van der Waals surface area (Å²) in [5, 5.41) is 14.6. The highest BCUT2D eigenvalue weighted by molar-refractivity contribution is 6.30. The molecule has 4 rings (SSSR count).